The molecular weight excluding hydrogens is 384 g/mol. The number of hydrogen-bond acceptors (Lipinski definition) is 3. The summed E-state index contributed by atoms with van der Waals surface area (Å²) < 4.78 is 22.6. The van der Waals surface area contributed by atoms with E-state index in [0.717, 1.165) is 30.0 Å². The third-order valence-electron chi connectivity index (χ3n) is 4.82. The van der Waals surface area contributed by atoms with Gasteiger partial charge in [-0.05, 0) is 48.2 Å². The highest BCUT2D eigenvalue weighted by atomic mass is 35.5. The lowest BCUT2D eigenvalue weighted by Gasteiger charge is -2.19. The largest absolute Gasteiger partial charge is 0.356 e. The number of nitrogens with zero attached hydrogens (tertiary/aromatic N) is 1. The first-order valence-corrected chi connectivity index (χ1v) is 10.6. The summed E-state index contributed by atoms with van der Waals surface area (Å²) in [5.74, 6) is 0.693. The summed E-state index contributed by atoms with van der Waals surface area (Å²) in [7, 11) is -1.95. The van der Waals surface area contributed by atoms with Gasteiger partial charge in [-0.15, -0.1) is 0 Å². The molecule has 0 spiro atoms. The number of rotatable bonds is 6. The van der Waals surface area contributed by atoms with Crippen LogP contribution in [-0.4, -0.2) is 28.0 Å². The molecule has 0 aromatic heterocycles. The van der Waals surface area contributed by atoms with E-state index >= 15 is 0 Å². The zero-order chi connectivity index (χ0) is 19.5. The minimum atomic E-state index is -3.67. The number of aliphatic imine (C=N–C) groups is 1. The van der Waals surface area contributed by atoms with Crippen LogP contribution in [0.15, 0.2) is 58.4 Å². The normalized spacial score (nSPS) is 16.0. The summed E-state index contributed by atoms with van der Waals surface area (Å²) in [5, 5.41) is 12.5. The van der Waals surface area contributed by atoms with E-state index in [-0.39, 0.29) is 10.3 Å². The molecule has 8 heteroatoms. The molecule has 0 aliphatic heterocycles. The van der Waals surface area contributed by atoms with E-state index in [2.05, 4.69) is 21.7 Å². The van der Waals surface area contributed by atoms with E-state index in [0.29, 0.717) is 12.5 Å². The van der Waals surface area contributed by atoms with Gasteiger partial charge in [0.1, 0.15) is 0 Å². The second-order valence-electron chi connectivity index (χ2n) is 6.76. The Morgan fingerprint density at radius 1 is 1.19 bits per heavy atom. The van der Waals surface area contributed by atoms with E-state index in [9.17, 15) is 8.42 Å². The summed E-state index contributed by atoms with van der Waals surface area (Å²) in [5.41, 5.74) is 2.29. The van der Waals surface area contributed by atoms with Crippen molar-refractivity contribution in [1.29, 1.82) is 0 Å². The van der Waals surface area contributed by atoms with Gasteiger partial charge in [0, 0.05) is 30.6 Å². The predicted molar refractivity (Wildman–Crippen MR) is 108 cm³/mol. The fourth-order valence-corrected chi connectivity index (χ4v) is 3.70. The van der Waals surface area contributed by atoms with Gasteiger partial charge in [-0.1, -0.05) is 35.9 Å². The molecule has 144 valence electrons. The highest BCUT2D eigenvalue weighted by Crippen LogP contribution is 2.48. The third-order valence-corrected chi connectivity index (χ3v) is 5.98. The van der Waals surface area contributed by atoms with Crippen LogP contribution in [0.4, 0.5) is 0 Å². The van der Waals surface area contributed by atoms with Crippen LogP contribution in [0.25, 0.3) is 0 Å². The van der Waals surface area contributed by atoms with Gasteiger partial charge in [0.25, 0.3) is 0 Å². The maximum atomic E-state index is 11.3. The molecule has 0 saturated heterocycles. The van der Waals surface area contributed by atoms with E-state index in [1.165, 1.54) is 17.7 Å². The maximum absolute atomic E-state index is 11.3. The van der Waals surface area contributed by atoms with E-state index in [1.807, 2.05) is 18.2 Å². The Bertz CT molecular complexity index is 938. The van der Waals surface area contributed by atoms with Gasteiger partial charge in [0.2, 0.25) is 10.0 Å². The molecule has 0 unspecified atom stereocenters. The number of nitrogens with one attached hydrogen (secondary N) is 2. The SMILES string of the molecule is CN=C(NCc1ccc(S(N)(=O)=O)cc1)NCC1(c2cccc(Cl)c2)CC1. The molecule has 0 radical (unpaired) electrons. The molecular formula is C19H23ClN4O2S. The van der Waals surface area contributed by atoms with E-state index in [1.54, 1.807) is 19.2 Å². The minimum Gasteiger partial charge on any atom is -0.356 e. The average molecular weight is 407 g/mol. The zero-order valence-corrected chi connectivity index (χ0v) is 16.6. The van der Waals surface area contributed by atoms with Gasteiger partial charge in [0.15, 0.2) is 5.96 Å². The predicted octanol–water partition coefficient (Wildman–Crippen LogP) is 2.38. The molecule has 1 fully saturated rings. The molecule has 2 aromatic carbocycles. The molecule has 0 atom stereocenters. The number of benzene rings is 2. The lowest BCUT2D eigenvalue weighted by Crippen LogP contribution is -2.40. The van der Waals surface area contributed by atoms with Crippen molar-refractivity contribution in [3.8, 4) is 0 Å². The van der Waals surface area contributed by atoms with Crippen LogP contribution < -0.4 is 15.8 Å². The van der Waals surface area contributed by atoms with Gasteiger partial charge in [-0.25, -0.2) is 13.6 Å². The monoisotopic (exact) mass is 406 g/mol. The molecule has 27 heavy (non-hydrogen) atoms. The lowest BCUT2D eigenvalue weighted by atomic mass is 9.96. The first-order valence-electron chi connectivity index (χ1n) is 8.65. The first kappa shape index (κ1) is 19.7. The van der Waals surface area contributed by atoms with E-state index in [4.69, 9.17) is 16.7 Å². The molecule has 2 aromatic rings. The summed E-state index contributed by atoms with van der Waals surface area (Å²) >= 11 is 6.12. The van der Waals surface area contributed by atoms with Gasteiger partial charge >= 0.3 is 0 Å². The van der Waals surface area contributed by atoms with Crippen molar-refractivity contribution in [2.45, 2.75) is 29.7 Å². The minimum absolute atomic E-state index is 0.103. The summed E-state index contributed by atoms with van der Waals surface area (Å²) in [6, 6.07) is 14.5. The Hall–Kier alpha value is -2.09. The molecule has 0 bridgehead atoms. The summed E-state index contributed by atoms with van der Waals surface area (Å²) in [4.78, 5) is 4.36. The first-order chi connectivity index (χ1) is 12.8. The number of halogens is 1. The highest BCUT2D eigenvalue weighted by molar-refractivity contribution is 7.89. The quantitative estimate of drug-likeness (QED) is 0.506. The molecule has 1 aliphatic carbocycles. The van der Waals surface area contributed by atoms with Crippen LogP contribution in [0, 0.1) is 0 Å². The number of primary sulfonamides is 1. The fraction of sp³-hybridized carbons (Fsp3) is 0.316. The molecule has 1 aliphatic rings. The van der Waals surface area contributed by atoms with Crippen LogP contribution in [0.3, 0.4) is 0 Å². The van der Waals surface area contributed by atoms with Crippen LogP contribution in [0.1, 0.15) is 24.0 Å². The Labute approximate surface area is 164 Å². The van der Waals surface area contributed by atoms with Crippen LogP contribution in [0.2, 0.25) is 5.02 Å². The Morgan fingerprint density at radius 2 is 1.89 bits per heavy atom. The van der Waals surface area contributed by atoms with Gasteiger partial charge < -0.3 is 10.6 Å². The van der Waals surface area contributed by atoms with Crippen LogP contribution in [0.5, 0.6) is 0 Å². The second-order valence-corrected chi connectivity index (χ2v) is 8.76. The number of guanidine groups is 1. The second kappa shape index (κ2) is 7.88. The number of hydrogen-bond donors (Lipinski definition) is 3. The molecule has 0 amide bonds. The number of nitrogens with two attached hydrogens (primary N) is 1. The van der Waals surface area contributed by atoms with Crippen molar-refractivity contribution in [1.82, 2.24) is 10.6 Å². The highest BCUT2D eigenvalue weighted by Gasteiger charge is 2.44. The zero-order valence-electron chi connectivity index (χ0n) is 15.1. The van der Waals surface area contributed by atoms with Crippen molar-refractivity contribution in [2.24, 2.45) is 10.1 Å². The Balaban J connectivity index is 1.56. The molecule has 0 heterocycles. The summed E-state index contributed by atoms with van der Waals surface area (Å²) in [6.07, 6.45) is 2.23. The maximum Gasteiger partial charge on any atom is 0.238 e. The van der Waals surface area contributed by atoms with Crippen molar-refractivity contribution >= 4 is 27.6 Å². The topological polar surface area (TPSA) is 96.6 Å². The molecule has 6 nitrogen and oxygen atoms in total. The van der Waals surface area contributed by atoms with Gasteiger partial charge in [-0.2, -0.15) is 0 Å². The average Bonchev–Trinajstić information content (AvgIpc) is 3.43. The van der Waals surface area contributed by atoms with Crippen LogP contribution >= 0.6 is 11.6 Å². The molecule has 3 rings (SSSR count). The van der Waals surface area contributed by atoms with Gasteiger partial charge in [0.05, 0.1) is 4.90 Å². The lowest BCUT2D eigenvalue weighted by molar-refractivity contribution is 0.597. The third kappa shape index (κ3) is 5.00. The van der Waals surface area contributed by atoms with Gasteiger partial charge in [-0.3, -0.25) is 4.99 Å². The Morgan fingerprint density at radius 3 is 2.44 bits per heavy atom. The van der Waals surface area contributed by atoms with E-state index < -0.39 is 10.0 Å². The summed E-state index contributed by atoms with van der Waals surface area (Å²) in [6.45, 7) is 1.30. The smallest absolute Gasteiger partial charge is 0.238 e. The van der Waals surface area contributed by atoms with Crippen molar-refractivity contribution in [2.75, 3.05) is 13.6 Å². The molecule has 4 N–H and O–H groups in total. The Kier molecular flexibility index (Phi) is 5.74. The van der Waals surface area contributed by atoms with Crippen molar-refractivity contribution in [3.63, 3.8) is 0 Å². The van der Waals surface area contributed by atoms with Crippen LogP contribution in [-0.2, 0) is 22.0 Å². The standard InChI is InChI=1S/C19H23ClN4O2S/c1-22-18(23-12-14-5-7-17(8-6-14)27(21,25)26)24-13-19(9-10-19)15-3-2-4-16(20)11-15/h2-8,11H,9-10,12-13H2,1H3,(H2,21,25,26)(H2,22,23,24). The fourth-order valence-electron chi connectivity index (χ4n) is 2.99. The molecule has 1 saturated carbocycles. The van der Waals surface area contributed by atoms with Crippen molar-refractivity contribution in [3.05, 3.63) is 64.7 Å². The van der Waals surface area contributed by atoms with Crippen molar-refractivity contribution < 1.29 is 8.42 Å². The number of sulfonamides is 1.